The summed E-state index contributed by atoms with van der Waals surface area (Å²) in [5, 5.41) is 2.61. The molecule has 0 bridgehead atoms. The van der Waals surface area contributed by atoms with Crippen molar-refractivity contribution in [1.82, 2.24) is 0 Å². The summed E-state index contributed by atoms with van der Waals surface area (Å²) >= 11 is 0. The molecule has 2 rings (SSSR count). The molecule has 0 heterocycles. The Balaban J connectivity index is 2.21. The van der Waals surface area contributed by atoms with E-state index in [4.69, 9.17) is 5.73 Å². The van der Waals surface area contributed by atoms with Crippen LogP contribution in [0.25, 0.3) is 0 Å². The molecule has 1 unspecified atom stereocenters. The Hall–Kier alpha value is -2.51. The minimum absolute atomic E-state index is 0.123. The minimum Gasteiger partial charge on any atom is -0.465 e. The van der Waals surface area contributed by atoms with Crippen LogP contribution in [0.1, 0.15) is 10.4 Å². The lowest BCUT2D eigenvalue weighted by Crippen LogP contribution is -2.21. The van der Waals surface area contributed by atoms with Gasteiger partial charge in [0.1, 0.15) is 0 Å². The number of methoxy groups -OCH3 is 1. The van der Waals surface area contributed by atoms with E-state index in [9.17, 15) is 13.8 Å². The first-order valence-electron chi connectivity index (χ1n) is 6.75. The van der Waals surface area contributed by atoms with Crippen LogP contribution in [0.4, 0.5) is 5.69 Å². The molecule has 0 aliphatic heterocycles. The van der Waals surface area contributed by atoms with Crippen molar-refractivity contribution in [2.45, 2.75) is 9.79 Å². The van der Waals surface area contributed by atoms with Crippen LogP contribution in [0.5, 0.6) is 0 Å². The number of carbonyl (C=O) groups is 2. The van der Waals surface area contributed by atoms with Gasteiger partial charge in [0.05, 0.1) is 30.0 Å². The third-order valence-electron chi connectivity index (χ3n) is 3.01. The molecule has 6 nitrogen and oxygen atoms in total. The van der Waals surface area contributed by atoms with Gasteiger partial charge < -0.3 is 15.8 Å². The summed E-state index contributed by atoms with van der Waals surface area (Å²) in [5.74, 6) is -0.774. The molecular formula is C16H16N2O4S. The fourth-order valence-corrected chi connectivity index (χ4v) is 2.96. The fourth-order valence-electron chi connectivity index (χ4n) is 1.87. The van der Waals surface area contributed by atoms with Crippen LogP contribution in [0.3, 0.4) is 0 Å². The van der Waals surface area contributed by atoms with Crippen molar-refractivity contribution >= 4 is 28.4 Å². The highest BCUT2D eigenvalue weighted by Gasteiger charge is 2.11. The quantitative estimate of drug-likeness (QED) is 0.809. The second-order valence-corrected chi connectivity index (χ2v) is 6.05. The molecule has 0 saturated heterocycles. The van der Waals surface area contributed by atoms with Crippen molar-refractivity contribution in [1.29, 1.82) is 0 Å². The molecule has 7 heteroatoms. The van der Waals surface area contributed by atoms with Crippen LogP contribution in [0.15, 0.2) is 58.3 Å². The van der Waals surface area contributed by atoms with Crippen molar-refractivity contribution in [3.05, 3.63) is 54.1 Å². The van der Waals surface area contributed by atoms with Gasteiger partial charge in [-0.1, -0.05) is 6.07 Å². The summed E-state index contributed by atoms with van der Waals surface area (Å²) in [7, 11) is -0.131. The molecule has 0 aliphatic rings. The summed E-state index contributed by atoms with van der Waals surface area (Å²) < 4.78 is 17.2. The number of rotatable bonds is 5. The molecule has 0 aliphatic carbocycles. The van der Waals surface area contributed by atoms with E-state index >= 15 is 0 Å². The van der Waals surface area contributed by atoms with Crippen LogP contribution in [-0.4, -0.2) is 29.7 Å². The van der Waals surface area contributed by atoms with E-state index in [1.807, 2.05) is 0 Å². The second kappa shape index (κ2) is 7.66. The fraction of sp³-hybridized carbons (Fsp3) is 0.125. The van der Waals surface area contributed by atoms with E-state index in [1.54, 1.807) is 48.5 Å². The molecule has 0 aromatic heterocycles. The summed E-state index contributed by atoms with van der Waals surface area (Å²) in [5.41, 5.74) is 6.16. The van der Waals surface area contributed by atoms with Crippen molar-refractivity contribution in [2.24, 2.45) is 5.73 Å². The number of anilines is 1. The zero-order valence-corrected chi connectivity index (χ0v) is 13.3. The van der Waals surface area contributed by atoms with E-state index in [2.05, 4.69) is 10.1 Å². The van der Waals surface area contributed by atoms with Crippen molar-refractivity contribution in [2.75, 3.05) is 19.0 Å². The lowest BCUT2D eigenvalue weighted by Gasteiger charge is -2.07. The average Bonchev–Trinajstić information content (AvgIpc) is 2.60. The van der Waals surface area contributed by atoms with Crippen molar-refractivity contribution < 1.29 is 18.5 Å². The van der Waals surface area contributed by atoms with Gasteiger partial charge >= 0.3 is 5.97 Å². The number of benzene rings is 2. The van der Waals surface area contributed by atoms with Gasteiger partial charge in [0.2, 0.25) is 5.91 Å². The molecule has 120 valence electrons. The normalized spacial score (nSPS) is 11.6. The van der Waals surface area contributed by atoms with Gasteiger partial charge in [-0.2, -0.15) is 0 Å². The van der Waals surface area contributed by atoms with Crippen LogP contribution in [-0.2, 0) is 20.3 Å². The summed E-state index contributed by atoms with van der Waals surface area (Å²) in [6.07, 6.45) is 0. The number of nitrogens with two attached hydrogens (primary N) is 1. The number of nitrogens with one attached hydrogen (secondary N) is 1. The number of esters is 1. The maximum Gasteiger partial charge on any atom is 0.337 e. The Labute approximate surface area is 136 Å². The predicted molar refractivity (Wildman–Crippen MR) is 86.6 cm³/mol. The number of carbonyl (C=O) groups excluding carboxylic acids is 2. The Kier molecular flexibility index (Phi) is 5.61. The first-order valence-corrected chi connectivity index (χ1v) is 7.90. The van der Waals surface area contributed by atoms with Gasteiger partial charge in [-0.05, 0) is 42.5 Å². The zero-order chi connectivity index (χ0) is 16.8. The highest BCUT2D eigenvalue weighted by molar-refractivity contribution is 7.85. The molecule has 0 saturated carbocycles. The molecule has 1 atom stereocenters. The molecule has 1 amide bonds. The smallest absolute Gasteiger partial charge is 0.337 e. The van der Waals surface area contributed by atoms with E-state index < -0.39 is 16.8 Å². The van der Waals surface area contributed by atoms with Gasteiger partial charge in [0.25, 0.3) is 0 Å². The molecule has 23 heavy (non-hydrogen) atoms. The minimum atomic E-state index is -1.43. The SMILES string of the molecule is COC(=O)c1ccc(S(=O)c2cccc(NC(=O)CN)c2)cc1. The van der Waals surface area contributed by atoms with E-state index in [1.165, 1.54) is 7.11 Å². The maximum absolute atomic E-state index is 12.6. The molecule has 2 aromatic rings. The van der Waals surface area contributed by atoms with Gasteiger partial charge in [0.15, 0.2) is 0 Å². The molecule has 0 fully saturated rings. The monoisotopic (exact) mass is 332 g/mol. The van der Waals surface area contributed by atoms with Crippen LogP contribution < -0.4 is 11.1 Å². The predicted octanol–water partition coefficient (Wildman–Crippen LogP) is 1.54. The van der Waals surface area contributed by atoms with Crippen LogP contribution >= 0.6 is 0 Å². The van der Waals surface area contributed by atoms with E-state index in [0.717, 1.165) is 0 Å². The average molecular weight is 332 g/mol. The number of ether oxygens (including phenoxy) is 1. The molecular weight excluding hydrogens is 316 g/mol. The van der Waals surface area contributed by atoms with E-state index in [0.29, 0.717) is 21.0 Å². The summed E-state index contributed by atoms with van der Waals surface area (Å²) in [4.78, 5) is 23.8. The third-order valence-corrected chi connectivity index (χ3v) is 4.39. The molecule has 0 spiro atoms. The number of hydrogen-bond acceptors (Lipinski definition) is 5. The number of amides is 1. The third kappa shape index (κ3) is 4.24. The van der Waals surface area contributed by atoms with Crippen molar-refractivity contribution in [3.8, 4) is 0 Å². The summed E-state index contributed by atoms with van der Waals surface area (Å²) in [6, 6.07) is 13.0. The van der Waals surface area contributed by atoms with Crippen LogP contribution in [0, 0.1) is 0 Å². The Bertz CT molecular complexity index is 744. The van der Waals surface area contributed by atoms with Crippen molar-refractivity contribution in [3.63, 3.8) is 0 Å². The topological polar surface area (TPSA) is 98.5 Å². The molecule has 3 N–H and O–H groups in total. The maximum atomic E-state index is 12.6. The zero-order valence-electron chi connectivity index (χ0n) is 12.4. The van der Waals surface area contributed by atoms with E-state index in [-0.39, 0.29) is 12.5 Å². The highest BCUT2D eigenvalue weighted by Crippen LogP contribution is 2.20. The lowest BCUT2D eigenvalue weighted by atomic mass is 10.2. The van der Waals surface area contributed by atoms with Gasteiger partial charge in [-0.25, -0.2) is 9.00 Å². The standard InChI is InChI=1S/C16H16N2O4S/c1-22-16(20)11-5-7-13(8-6-11)23(21)14-4-2-3-12(9-14)18-15(19)10-17/h2-9H,10,17H2,1H3,(H,18,19). The van der Waals surface area contributed by atoms with Gasteiger partial charge in [0, 0.05) is 15.5 Å². The Morgan fingerprint density at radius 1 is 1.13 bits per heavy atom. The first kappa shape index (κ1) is 16.9. The first-order chi connectivity index (χ1) is 11.0. The Morgan fingerprint density at radius 2 is 1.83 bits per heavy atom. The lowest BCUT2D eigenvalue weighted by molar-refractivity contribution is -0.114. The van der Waals surface area contributed by atoms with Crippen LogP contribution in [0.2, 0.25) is 0 Å². The van der Waals surface area contributed by atoms with Gasteiger partial charge in [-0.3, -0.25) is 4.79 Å². The highest BCUT2D eigenvalue weighted by atomic mass is 32.2. The second-order valence-electron chi connectivity index (χ2n) is 4.56. The molecule has 2 aromatic carbocycles. The number of hydrogen-bond donors (Lipinski definition) is 2. The molecule has 0 radical (unpaired) electrons. The Morgan fingerprint density at radius 3 is 2.43 bits per heavy atom. The summed E-state index contributed by atoms with van der Waals surface area (Å²) in [6.45, 7) is -0.123. The van der Waals surface area contributed by atoms with Gasteiger partial charge in [-0.15, -0.1) is 0 Å². The largest absolute Gasteiger partial charge is 0.465 e.